The zero-order valence-corrected chi connectivity index (χ0v) is 9.11. The molecule has 0 aromatic rings. The third-order valence-electron chi connectivity index (χ3n) is 2.27. The second-order valence-corrected chi connectivity index (χ2v) is 3.71. The van der Waals surface area contributed by atoms with Gasteiger partial charge in [-0.05, 0) is 12.8 Å². The fraction of sp³-hybridized carbons (Fsp3) is 0.800. The molecule has 0 fully saturated rings. The van der Waals surface area contributed by atoms with Crippen LogP contribution in [0.4, 0.5) is 0 Å². The van der Waals surface area contributed by atoms with Gasteiger partial charge in [0.15, 0.2) is 0 Å². The average Bonchev–Trinajstić information content (AvgIpc) is 2.17. The minimum atomic E-state index is -1.12. The molecule has 0 rings (SSSR count). The highest BCUT2D eigenvalue weighted by atomic mass is 16.4. The quantitative estimate of drug-likeness (QED) is 0.505. The smallest absolute Gasteiger partial charge is 0.320 e. The van der Waals surface area contributed by atoms with Crippen molar-refractivity contribution in [3.63, 3.8) is 0 Å². The second kappa shape index (κ2) is 7.36. The predicted molar refractivity (Wildman–Crippen MR) is 57.4 cm³/mol. The first-order valence-corrected chi connectivity index (χ1v) is 5.25. The molecule has 0 radical (unpaired) electrons. The lowest BCUT2D eigenvalue weighted by Gasteiger charge is -2.12. The molecule has 0 spiro atoms. The molecule has 0 aromatic carbocycles. The Morgan fingerprint density at radius 1 is 1.20 bits per heavy atom. The van der Waals surface area contributed by atoms with Gasteiger partial charge in [0.05, 0.1) is 6.04 Å². The largest absolute Gasteiger partial charge is 0.480 e. The maximum absolute atomic E-state index is 11.4. The first-order chi connectivity index (χ1) is 6.99. The van der Waals surface area contributed by atoms with E-state index in [0.29, 0.717) is 6.42 Å². The van der Waals surface area contributed by atoms with Crippen LogP contribution in [0.3, 0.4) is 0 Å². The number of carboxylic acids is 1. The van der Waals surface area contributed by atoms with Gasteiger partial charge >= 0.3 is 5.97 Å². The Hall–Kier alpha value is -0.940. The molecule has 0 heterocycles. The normalized spacial score (nSPS) is 14.6. The summed E-state index contributed by atoms with van der Waals surface area (Å²) in [4.78, 5) is 21.8. The number of unbranched alkanes of at least 4 members (excludes halogenated alkanes) is 2. The number of carboxylic acid groups (broad SMARTS) is 1. The lowest BCUT2D eigenvalue weighted by atomic mass is 10.0. The highest BCUT2D eigenvalue weighted by molar-refractivity contribution is 5.84. The van der Waals surface area contributed by atoms with E-state index in [1.54, 1.807) is 0 Å². The van der Waals surface area contributed by atoms with Crippen molar-refractivity contribution in [2.24, 2.45) is 11.5 Å². The van der Waals surface area contributed by atoms with Crippen LogP contribution >= 0.6 is 0 Å². The third kappa shape index (κ3) is 6.19. The monoisotopic (exact) mass is 216 g/mol. The first kappa shape index (κ1) is 14.1. The molecule has 2 atom stereocenters. The molecule has 0 aliphatic rings. The molecule has 0 aliphatic carbocycles. The predicted octanol–water partition coefficient (Wildman–Crippen LogP) is 0.265. The minimum absolute atomic E-state index is 0.0142. The van der Waals surface area contributed by atoms with E-state index < -0.39 is 18.1 Å². The molecule has 2 unspecified atom stereocenters. The number of ketones is 1. The molecular formula is C10H20N2O3. The van der Waals surface area contributed by atoms with Crippen LogP contribution in [0.5, 0.6) is 0 Å². The van der Waals surface area contributed by atoms with Crippen LogP contribution in [0.1, 0.15) is 39.0 Å². The molecule has 0 saturated carbocycles. The number of Topliss-reactive ketones (excluding diaryl/α,β-unsaturated/α-hetero) is 1. The van der Waals surface area contributed by atoms with E-state index in [-0.39, 0.29) is 12.2 Å². The number of nitrogens with two attached hydrogens (primary N) is 2. The Labute approximate surface area is 89.8 Å². The average molecular weight is 216 g/mol. The molecule has 5 nitrogen and oxygen atoms in total. The summed E-state index contributed by atoms with van der Waals surface area (Å²) in [6.07, 6.45) is 3.27. The number of carbonyl (C=O) groups is 2. The molecule has 0 bridgehead atoms. The molecule has 0 saturated heterocycles. The Morgan fingerprint density at radius 3 is 2.27 bits per heavy atom. The Morgan fingerprint density at radius 2 is 1.80 bits per heavy atom. The Balaban J connectivity index is 3.83. The van der Waals surface area contributed by atoms with Gasteiger partial charge in [-0.2, -0.15) is 0 Å². The molecule has 0 aliphatic heterocycles. The zero-order valence-electron chi connectivity index (χ0n) is 9.11. The van der Waals surface area contributed by atoms with Gasteiger partial charge < -0.3 is 16.6 Å². The molecule has 15 heavy (non-hydrogen) atoms. The van der Waals surface area contributed by atoms with Crippen molar-refractivity contribution in [1.29, 1.82) is 0 Å². The van der Waals surface area contributed by atoms with E-state index in [0.717, 1.165) is 19.3 Å². The van der Waals surface area contributed by atoms with Crippen LogP contribution in [0.25, 0.3) is 0 Å². The number of hydrogen-bond acceptors (Lipinski definition) is 4. The number of aliphatic carboxylic acids is 1. The topological polar surface area (TPSA) is 106 Å². The highest BCUT2D eigenvalue weighted by Gasteiger charge is 2.20. The van der Waals surface area contributed by atoms with Crippen molar-refractivity contribution in [1.82, 2.24) is 0 Å². The van der Waals surface area contributed by atoms with Gasteiger partial charge in [0, 0.05) is 6.42 Å². The molecule has 0 aromatic heterocycles. The highest BCUT2D eigenvalue weighted by Crippen LogP contribution is 2.04. The third-order valence-corrected chi connectivity index (χ3v) is 2.27. The van der Waals surface area contributed by atoms with Crippen LogP contribution < -0.4 is 11.5 Å². The summed E-state index contributed by atoms with van der Waals surface area (Å²) >= 11 is 0. The Bertz CT molecular complexity index is 219. The van der Waals surface area contributed by atoms with Crippen molar-refractivity contribution in [2.75, 3.05) is 0 Å². The van der Waals surface area contributed by atoms with E-state index >= 15 is 0 Å². The van der Waals surface area contributed by atoms with Crippen LogP contribution in [-0.2, 0) is 9.59 Å². The molecule has 88 valence electrons. The van der Waals surface area contributed by atoms with Crippen molar-refractivity contribution >= 4 is 11.8 Å². The van der Waals surface area contributed by atoms with Crippen LogP contribution in [0.15, 0.2) is 0 Å². The van der Waals surface area contributed by atoms with Crippen LogP contribution in [0.2, 0.25) is 0 Å². The van der Waals surface area contributed by atoms with E-state index in [1.165, 1.54) is 0 Å². The van der Waals surface area contributed by atoms with Gasteiger partial charge in [0.2, 0.25) is 0 Å². The second-order valence-electron chi connectivity index (χ2n) is 3.71. The number of hydrogen-bond donors (Lipinski definition) is 3. The maximum atomic E-state index is 11.4. The summed E-state index contributed by atoms with van der Waals surface area (Å²) in [5, 5.41) is 8.53. The van der Waals surface area contributed by atoms with Crippen molar-refractivity contribution in [2.45, 2.75) is 51.1 Å². The van der Waals surface area contributed by atoms with Gasteiger partial charge in [-0.3, -0.25) is 9.59 Å². The van der Waals surface area contributed by atoms with Gasteiger partial charge in [0.25, 0.3) is 0 Å². The SMILES string of the molecule is CCCCCC(=O)C(N)CC(N)C(=O)O. The van der Waals surface area contributed by atoms with Crippen molar-refractivity contribution < 1.29 is 14.7 Å². The summed E-state index contributed by atoms with van der Waals surface area (Å²) in [6.45, 7) is 2.05. The fourth-order valence-corrected chi connectivity index (χ4v) is 1.24. The van der Waals surface area contributed by atoms with E-state index in [4.69, 9.17) is 16.6 Å². The summed E-state index contributed by atoms with van der Waals surface area (Å²) < 4.78 is 0. The minimum Gasteiger partial charge on any atom is -0.480 e. The number of carbonyl (C=O) groups excluding carboxylic acids is 1. The van der Waals surface area contributed by atoms with Gasteiger partial charge in [-0.1, -0.05) is 19.8 Å². The zero-order chi connectivity index (χ0) is 11.8. The van der Waals surface area contributed by atoms with Gasteiger partial charge in [0.1, 0.15) is 11.8 Å². The molecular weight excluding hydrogens is 196 g/mol. The van der Waals surface area contributed by atoms with E-state index in [9.17, 15) is 9.59 Å². The lowest BCUT2D eigenvalue weighted by Crippen LogP contribution is -2.41. The van der Waals surface area contributed by atoms with Crippen LogP contribution in [0, 0.1) is 0 Å². The van der Waals surface area contributed by atoms with E-state index in [1.807, 2.05) is 6.92 Å². The summed E-state index contributed by atoms with van der Waals surface area (Å²) in [5.41, 5.74) is 10.8. The lowest BCUT2D eigenvalue weighted by molar-refractivity contribution is -0.138. The molecule has 0 amide bonds. The summed E-state index contributed by atoms with van der Waals surface area (Å²) in [7, 11) is 0. The van der Waals surface area contributed by atoms with Gasteiger partial charge in [-0.15, -0.1) is 0 Å². The van der Waals surface area contributed by atoms with E-state index in [2.05, 4.69) is 0 Å². The van der Waals surface area contributed by atoms with Crippen LogP contribution in [-0.4, -0.2) is 28.9 Å². The molecule has 5 heteroatoms. The molecule has 5 N–H and O–H groups in total. The summed E-state index contributed by atoms with van der Waals surface area (Å²) in [5.74, 6) is -1.22. The number of rotatable bonds is 8. The first-order valence-electron chi connectivity index (χ1n) is 5.25. The van der Waals surface area contributed by atoms with Crippen molar-refractivity contribution in [3.05, 3.63) is 0 Å². The standard InChI is InChI=1S/C10H20N2O3/c1-2-3-4-5-9(13)7(11)6-8(12)10(14)15/h7-8H,2-6,11-12H2,1H3,(H,14,15). The summed E-state index contributed by atoms with van der Waals surface area (Å²) in [6, 6.07) is -1.79. The fourth-order valence-electron chi connectivity index (χ4n) is 1.24. The van der Waals surface area contributed by atoms with Gasteiger partial charge in [-0.25, -0.2) is 0 Å². The Kier molecular flexibility index (Phi) is 6.90. The van der Waals surface area contributed by atoms with Crippen molar-refractivity contribution in [3.8, 4) is 0 Å². The maximum Gasteiger partial charge on any atom is 0.320 e.